The van der Waals surface area contributed by atoms with Crippen molar-refractivity contribution in [1.82, 2.24) is 34.4 Å². The van der Waals surface area contributed by atoms with E-state index in [1.165, 1.54) is 12.7 Å². The van der Waals surface area contributed by atoms with Gasteiger partial charge in [-0.3, -0.25) is 4.90 Å². The maximum atomic E-state index is 12.9. The van der Waals surface area contributed by atoms with Gasteiger partial charge in [0.2, 0.25) is 0 Å². The van der Waals surface area contributed by atoms with Crippen molar-refractivity contribution in [2.45, 2.75) is 52.7 Å². The number of hydrogen-bond acceptors (Lipinski definition) is 10. The van der Waals surface area contributed by atoms with Gasteiger partial charge >= 0.3 is 6.09 Å². The molecule has 43 heavy (non-hydrogen) atoms. The van der Waals surface area contributed by atoms with Crippen molar-refractivity contribution in [3.8, 4) is 11.5 Å². The molecule has 6 rings (SSSR count). The first-order valence-electron chi connectivity index (χ1n) is 14.2. The van der Waals surface area contributed by atoms with E-state index in [0.29, 0.717) is 42.4 Å². The number of pyridine rings is 2. The molecule has 5 heterocycles. The minimum absolute atomic E-state index is 0.299. The molecule has 0 radical (unpaired) electrons. The highest BCUT2D eigenvalue weighted by Gasteiger charge is 2.39. The topological polar surface area (TPSA) is 123 Å². The van der Waals surface area contributed by atoms with Gasteiger partial charge in [0, 0.05) is 37.6 Å². The number of ether oxygens (including phenoxy) is 2. The van der Waals surface area contributed by atoms with Crippen LogP contribution >= 0.6 is 0 Å². The van der Waals surface area contributed by atoms with Crippen molar-refractivity contribution in [2.24, 2.45) is 0 Å². The van der Waals surface area contributed by atoms with E-state index in [4.69, 9.17) is 14.5 Å². The molecular formula is C31H35N9O3. The first-order chi connectivity index (χ1) is 20.4. The molecule has 12 heteroatoms. The van der Waals surface area contributed by atoms with E-state index in [2.05, 4.69) is 30.3 Å². The van der Waals surface area contributed by atoms with E-state index in [-0.39, 0.29) is 6.09 Å². The Morgan fingerprint density at radius 2 is 1.84 bits per heavy atom. The Morgan fingerprint density at radius 1 is 1.00 bits per heavy atom. The number of nitrogens with zero attached hydrogens (tertiary/aromatic N) is 8. The lowest BCUT2D eigenvalue weighted by Gasteiger charge is -2.47. The average Bonchev–Trinajstić information content (AvgIpc) is 3.41. The molecule has 1 amide bonds. The number of nitrogens with one attached hydrogen (secondary N) is 1. The van der Waals surface area contributed by atoms with E-state index in [1.807, 2.05) is 90.2 Å². The fraction of sp³-hybridized carbons (Fsp3) is 0.355. The first-order valence-corrected chi connectivity index (χ1v) is 14.2. The van der Waals surface area contributed by atoms with Crippen LogP contribution in [0.15, 0.2) is 61.3 Å². The molecule has 1 aromatic carbocycles. The van der Waals surface area contributed by atoms with Gasteiger partial charge in [0.05, 0.1) is 11.1 Å². The summed E-state index contributed by atoms with van der Waals surface area (Å²) in [6, 6.07) is 13.5. The van der Waals surface area contributed by atoms with Crippen molar-refractivity contribution in [1.29, 1.82) is 0 Å². The lowest BCUT2D eigenvalue weighted by atomic mass is 9.99. The molecule has 0 saturated carbocycles. The van der Waals surface area contributed by atoms with Crippen molar-refractivity contribution in [3.05, 3.63) is 66.9 Å². The Kier molecular flexibility index (Phi) is 6.99. The van der Waals surface area contributed by atoms with Crippen LogP contribution in [-0.4, -0.2) is 71.3 Å². The normalized spacial score (nSPS) is 15.1. The monoisotopic (exact) mass is 581 g/mol. The number of anilines is 3. The summed E-state index contributed by atoms with van der Waals surface area (Å²) >= 11 is 0. The summed E-state index contributed by atoms with van der Waals surface area (Å²) in [4.78, 5) is 35.0. The second kappa shape index (κ2) is 10.7. The molecular weight excluding hydrogens is 546 g/mol. The summed E-state index contributed by atoms with van der Waals surface area (Å²) in [6.07, 6.45) is 4.55. The second-order valence-electron chi connectivity index (χ2n) is 12.3. The molecule has 5 aromatic rings. The van der Waals surface area contributed by atoms with Gasteiger partial charge in [0.1, 0.15) is 41.1 Å². The summed E-state index contributed by atoms with van der Waals surface area (Å²) in [6.45, 7) is 13.5. The zero-order valence-electron chi connectivity index (χ0n) is 25.2. The van der Waals surface area contributed by atoms with Crippen LogP contribution in [0.5, 0.6) is 11.5 Å². The van der Waals surface area contributed by atoms with Crippen LogP contribution in [-0.2, 0) is 4.74 Å². The highest BCUT2D eigenvalue weighted by Crippen LogP contribution is 2.31. The molecule has 4 aromatic heterocycles. The van der Waals surface area contributed by atoms with E-state index in [1.54, 1.807) is 9.42 Å². The van der Waals surface area contributed by atoms with Gasteiger partial charge in [0.25, 0.3) is 0 Å². The average molecular weight is 582 g/mol. The summed E-state index contributed by atoms with van der Waals surface area (Å²) in [5.74, 6) is 2.81. The third-order valence-corrected chi connectivity index (χ3v) is 7.22. The van der Waals surface area contributed by atoms with Gasteiger partial charge in [-0.05, 0) is 83.5 Å². The molecule has 1 aliphatic heterocycles. The molecule has 0 atom stereocenters. The number of fused-ring (bicyclic) bond motifs is 2. The van der Waals surface area contributed by atoms with E-state index >= 15 is 0 Å². The van der Waals surface area contributed by atoms with Gasteiger partial charge in [-0.1, -0.05) is 0 Å². The molecule has 12 nitrogen and oxygen atoms in total. The molecule has 0 unspecified atom stereocenters. The third kappa shape index (κ3) is 5.99. The van der Waals surface area contributed by atoms with Gasteiger partial charge in [0.15, 0.2) is 11.5 Å². The number of rotatable bonds is 5. The van der Waals surface area contributed by atoms with Crippen LogP contribution in [0.3, 0.4) is 0 Å². The number of carbonyl (C=O) groups excluding carboxylic acids is 1. The Morgan fingerprint density at radius 3 is 2.60 bits per heavy atom. The van der Waals surface area contributed by atoms with Gasteiger partial charge in [-0.15, -0.1) is 0 Å². The van der Waals surface area contributed by atoms with E-state index in [0.717, 1.165) is 28.3 Å². The largest absolute Gasteiger partial charge is 0.457 e. The molecule has 1 fully saturated rings. The SMILES string of the molecule is Cc1cc(Nc2ncnc3ccc(N4CCN(C(=O)OC(C)(C)C)C(C)(C)C4)nc23)ccc1Oc1ccn2ncnc2c1. The summed E-state index contributed by atoms with van der Waals surface area (Å²) < 4.78 is 13.5. The smallest absolute Gasteiger partial charge is 0.410 e. The van der Waals surface area contributed by atoms with Gasteiger partial charge in [-0.25, -0.2) is 29.2 Å². The molecule has 1 N–H and O–H groups in total. The third-order valence-electron chi connectivity index (χ3n) is 7.22. The van der Waals surface area contributed by atoms with Crippen LogP contribution in [0.1, 0.15) is 40.2 Å². The molecule has 1 saturated heterocycles. The Bertz CT molecular complexity index is 1810. The number of amides is 1. The number of aryl methyl sites for hydroxylation is 1. The highest BCUT2D eigenvalue weighted by atomic mass is 16.6. The quantitative estimate of drug-likeness (QED) is 0.275. The van der Waals surface area contributed by atoms with Crippen LogP contribution in [0, 0.1) is 6.92 Å². The number of carbonyl (C=O) groups is 1. The molecule has 0 bridgehead atoms. The zero-order valence-corrected chi connectivity index (χ0v) is 25.2. The summed E-state index contributed by atoms with van der Waals surface area (Å²) in [5.41, 5.74) is 2.89. The van der Waals surface area contributed by atoms with Crippen LogP contribution < -0.4 is 15.0 Å². The standard InChI is InChI=1S/C31H35N9O3/c1-20-15-21(7-9-24(20)42-22-11-12-40-26(16-22)33-19-35-40)36-28-27-23(32-18-34-28)8-10-25(37-27)38-13-14-39(31(5,6)17-38)29(41)43-30(2,3)4/h7-12,15-16,18-19H,13-14,17H2,1-6H3,(H,32,34,36). The molecule has 1 aliphatic rings. The molecule has 222 valence electrons. The maximum Gasteiger partial charge on any atom is 0.410 e. The van der Waals surface area contributed by atoms with Crippen LogP contribution in [0.4, 0.5) is 22.1 Å². The minimum atomic E-state index is -0.549. The maximum absolute atomic E-state index is 12.9. The van der Waals surface area contributed by atoms with Gasteiger partial charge in [-0.2, -0.15) is 5.10 Å². The number of aromatic nitrogens is 6. The number of hydrogen-bond donors (Lipinski definition) is 1. The fourth-order valence-corrected chi connectivity index (χ4v) is 5.17. The van der Waals surface area contributed by atoms with Crippen molar-refractivity contribution in [2.75, 3.05) is 29.9 Å². The zero-order chi connectivity index (χ0) is 30.4. The van der Waals surface area contributed by atoms with Crippen LogP contribution in [0.2, 0.25) is 0 Å². The number of piperazine rings is 1. The Balaban J connectivity index is 1.20. The van der Waals surface area contributed by atoms with Crippen LogP contribution in [0.25, 0.3) is 16.7 Å². The lowest BCUT2D eigenvalue weighted by molar-refractivity contribution is 0.000313. The number of benzene rings is 1. The Hall–Kier alpha value is -5.00. The van der Waals surface area contributed by atoms with Gasteiger partial charge < -0.3 is 19.7 Å². The summed E-state index contributed by atoms with van der Waals surface area (Å²) in [5, 5.41) is 7.53. The van der Waals surface area contributed by atoms with E-state index in [9.17, 15) is 4.79 Å². The molecule has 0 spiro atoms. The summed E-state index contributed by atoms with van der Waals surface area (Å²) in [7, 11) is 0. The first kappa shape index (κ1) is 28.1. The highest BCUT2D eigenvalue weighted by molar-refractivity contribution is 5.88. The Labute approximate surface area is 249 Å². The minimum Gasteiger partial charge on any atom is -0.457 e. The lowest BCUT2D eigenvalue weighted by Crippen LogP contribution is -2.62. The molecule has 0 aliphatic carbocycles. The predicted molar refractivity (Wildman–Crippen MR) is 164 cm³/mol. The van der Waals surface area contributed by atoms with Crippen molar-refractivity contribution >= 4 is 40.1 Å². The fourth-order valence-electron chi connectivity index (χ4n) is 5.17. The predicted octanol–water partition coefficient (Wildman–Crippen LogP) is 5.75. The van der Waals surface area contributed by atoms with Crippen molar-refractivity contribution in [3.63, 3.8) is 0 Å². The van der Waals surface area contributed by atoms with Crippen molar-refractivity contribution < 1.29 is 14.3 Å². The van der Waals surface area contributed by atoms with E-state index < -0.39 is 11.1 Å². The second-order valence-corrected chi connectivity index (χ2v) is 12.3.